The Bertz CT molecular complexity index is 1370. The van der Waals surface area contributed by atoms with Crippen molar-refractivity contribution in [2.24, 2.45) is 50.2 Å². The van der Waals surface area contributed by atoms with Crippen LogP contribution >= 0.6 is 0 Å². The van der Waals surface area contributed by atoms with Crippen LogP contribution in [0.15, 0.2) is 36.0 Å². The van der Waals surface area contributed by atoms with Gasteiger partial charge >= 0.3 is 5.97 Å². The number of esters is 1. The molecule has 1 aromatic rings. The van der Waals surface area contributed by atoms with Crippen LogP contribution in [0.1, 0.15) is 113 Å². The van der Waals surface area contributed by atoms with E-state index in [2.05, 4.69) is 64.8 Å². The summed E-state index contributed by atoms with van der Waals surface area (Å²) in [6, 6.07) is 5.59. The highest BCUT2D eigenvalue weighted by atomic mass is 16.5. The third-order valence-electron chi connectivity index (χ3n) is 14.3. The molecule has 0 bridgehead atoms. The third kappa shape index (κ3) is 4.31. The largest absolute Gasteiger partial charge is 0.462 e. The maximum atomic E-state index is 14.6. The van der Waals surface area contributed by atoms with Crippen molar-refractivity contribution in [1.29, 1.82) is 0 Å². The summed E-state index contributed by atoms with van der Waals surface area (Å²) in [6.07, 6.45) is 12.2. The van der Waals surface area contributed by atoms with E-state index in [4.69, 9.17) is 4.74 Å². The van der Waals surface area contributed by atoms with E-state index >= 15 is 0 Å². The normalized spacial score (nSPS) is 44.9. The molecule has 4 fully saturated rings. The Morgan fingerprint density at radius 2 is 1.65 bits per heavy atom. The molecule has 0 radical (unpaired) electrons. The van der Waals surface area contributed by atoms with Crippen LogP contribution in [0.4, 0.5) is 5.82 Å². The van der Waals surface area contributed by atoms with Crippen molar-refractivity contribution < 1.29 is 19.1 Å². The number of pyridine rings is 1. The quantitative estimate of drug-likeness (QED) is 0.363. The number of aromatic nitrogens is 1. The number of rotatable bonds is 3. The lowest BCUT2D eigenvalue weighted by molar-refractivity contribution is -0.210. The molecule has 0 aromatic carbocycles. The van der Waals surface area contributed by atoms with E-state index in [0.29, 0.717) is 17.5 Å². The predicted molar refractivity (Wildman–Crippen MR) is 168 cm³/mol. The van der Waals surface area contributed by atoms with Gasteiger partial charge in [-0.2, -0.15) is 0 Å². The number of amides is 1. The van der Waals surface area contributed by atoms with Crippen LogP contribution in [-0.4, -0.2) is 28.7 Å². The molecule has 1 aromatic heterocycles. The first kappa shape index (κ1) is 30.5. The van der Waals surface area contributed by atoms with Crippen LogP contribution in [0.25, 0.3) is 0 Å². The minimum Gasteiger partial charge on any atom is -0.462 e. The average Bonchev–Trinajstić information content (AvgIpc) is 2.93. The molecule has 1 amide bonds. The van der Waals surface area contributed by atoms with E-state index in [1.807, 2.05) is 18.2 Å². The van der Waals surface area contributed by atoms with Crippen molar-refractivity contribution >= 4 is 23.5 Å². The van der Waals surface area contributed by atoms with Gasteiger partial charge in [0, 0.05) is 29.9 Å². The second-order valence-electron chi connectivity index (χ2n) is 16.9. The van der Waals surface area contributed by atoms with Gasteiger partial charge in [0.15, 0.2) is 5.78 Å². The molecule has 6 nitrogen and oxygen atoms in total. The number of carbonyl (C=O) groups is 3. The lowest BCUT2D eigenvalue weighted by Gasteiger charge is -2.70. The van der Waals surface area contributed by atoms with Crippen LogP contribution in [-0.2, 0) is 19.1 Å². The molecule has 1 N–H and O–H groups in total. The maximum absolute atomic E-state index is 14.6. The fourth-order valence-corrected chi connectivity index (χ4v) is 11.5. The lowest BCUT2D eigenvalue weighted by Crippen LogP contribution is -2.66. The van der Waals surface area contributed by atoms with Crippen molar-refractivity contribution in [2.45, 2.75) is 119 Å². The second-order valence-corrected chi connectivity index (χ2v) is 16.9. The molecule has 6 rings (SSSR count). The molecule has 0 saturated heterocycles. The van der Waals surface area contributed by atoms with Gasteiger partial charge in [0.25, 0.3) is 0 Å². The summed E-state index contributed by atoms with van der Waals surface area (Å²) in [5.74, 6) is 1.15. The molecule has 0 spiro atoms. The summed E-state index contributed by atoms with van der Waals surface area (Å²) in [6.45, 7) is 17.8. The lowest BCUT2D eigenvalue weighted by atomic mass is 9.33. The number of hydrogen-bond acceptors (Lipinski definition) is 5. The van der Waals surface area contributed by atoms with E-state index in [0.717, 1.165) is 57.8 Å². The van der Waals surface area contributed by atoms with Crippen LogP contribution in [0.3, 0.4) is 0 Å². The number of nitrogens with zero attached hydrogens (tertiary/aromatic N) is 1. The van der Waals surface area contributed by atoms with E-state index in [9.17, 15) is 14.4 Å². The minimum absolute atomic E-state index is 0.0344. The first-order valence-electron chi connectivity index (χ1n) is 16.7. The van der Waals surface area contributed by atoms with Gasteiger partial charge in [0.05, 0.1) is 0 Å². The zero-order chi connectivity index (χ0) is 31.2. The molecule has 0 aliphatic heterocycles. The molecular weight excluding hydrogens is 536 g/mol. The second kappa shape index (κ2) is 9.75. The molecule has 5 aliphatic carbocycles. The minimum atomic E-state index is -0.523. The summed E-state index contributed by atoms with van der Waals surface area (Å²) < 4.78 is 5.87. The smallest absolute Gasteiger partial charge is 0.302 e. The Morgan fingerprint density at radius 1 is 0.930 bits per heavy atom. The maximum Gasteiger partial charge on any atom is 0.302 e. The summed E-state index contributed by atoms with van der Waals surface area (Å²) >= 11 is 0. The molecule has 9 atom stereocenters. The number of ether oxygens (including phenoxy) is 1. The van der Waals surface area contributed by atoms with Crippen molar-refractivity contribution in [3.8, 4) is 0 Å². The highest BCUT2D eigenvalue weighted by Gasteiger charge is 2.70. The monoisotopic (exact) mass is 588 g/mol. The van der Waals surface area contributed by atoms with Gasteiger partial charge in [-0.3, -0.25) is 14.4 Å². The molecule has 6 heteroatoms. The Hall–Kier alpha value is -2.50. The van der Waals surface area contributed by atoms with Crippen LogP contribution in [0.5, 0.6) is 0 Å². The number of ketones is 1. The fraction of sp³-hybridized carbons (Fsp3) is 0.730. The van der Waals surface area contributed by atoms with E-state index in [1.165, 1.54) is 12.5 Å². The highest BCUT2D eigenvalue weighted by Crippen LogP contribution is 2.75. The fourth-order valence-electron chi connectivity index (χ4n) is 11.5. The van der Waals surface area contributed by atoms with Crippen molar-refractivity contribution in [2.75, 3.05) is 5.32 Å². The van der Waals surface area contributed by atoms with Gasteiger partial charge in [0.2, 0.25) is 5.91 Å². The molecule has 4 saturated carbocycles. The Kier molecular flexibility index (Phi) is 6.92. The first-order valence-corrected chi connectivity index (χ1v) is 16.7. The predicted octanol–water partition coefficient (Wildman–Crippen LogP) is 7.93. The molecule has 1 heterocycles. The van der Waals surface area contributed by atoms with Crippen molar-refractivity contribution in [3.63, 3.8) is 0 Å². The van der Waals surface area contributed by atoms with Gasteiger partial charge in [-0.1, -0.05) is 60.1 Å². The van der Waals surface area contributed by atoms with E-state index in [1.54, 1.807) is 6.20 Å². The molecular formula is C37H52N2O4. The van der Waals surface area contributed by atoms with Gasteiger partial charge in [-0.25, -0.2) is 4.98 Å². The topological polar surface area (TPSA) is 85.4 Å². The van der Waals surface area contributed by atoms with E-state index in [-0.39, 0.29) is 56.9 Å². The summed E-state index contributed by atoms with van der Waals surface area (Å²) in [7, 11) is 0. The first-order chi connectivity index (χ1) is 20.0. The number of fused-ring (bicyclic) bond motifs is 7. The SMILES string of the molecule is CC(=O)O[C@@H]1CC[C@]2(C)[C@H](CC[C@]3(C)[C@@H]2C(=O)C=C2[C@@H]4C[C@](C)(C(=O)Nc5ccccn5)CC[C@@]4(C)CC[C@@]23C)C1(C)C. The number of anilines is 1. The van der Waals surface area contributed by atoms with Crippen LogP contribution < -0.4 is 5.32 Å². The summed E-state index contributed by atoms with van der Waals surface area (Å²) in [5, 5.41) is 3.09. The molecule has 0 unspecified atom stereocenters. The third-order valence-corrected chi connectivity index (χ3v) is 14.3. The van der Waals surface area contributed by atoms with Crippen molar-refractivity contribution in [1.82, 2.24) is 4.98 Å². The summed E-state index contributed by atoms with van der Waals surface area (Å²) in [5.41, 5.74) is 0.277. The number of nitrogens with one attached hydrogen (secondary N) is 1. The van der Waals surface area contributed by atoms with Gasteiger partial charge < -0.3 is 10.1 Å². The number of allylic oxidation sites excluding steroid dienone is 2. The van der Waals surface area contributed by atoms with Crippen LogP contribution in [0.2, 0.25) is 0 Å². The van der Waals surface area contributed by atoms with Gasteiger partial charge in [-0.15, -0.1) is 0 Å². The van der Waals surface area contributed by atoms with Gasteiger partial charge in [-0.05, 0) is 109 Å². The van der Waals surface area contributed by atoms with E-state index < -0.39 is 5.41 Å². The highest BCUT2D eigenvalue weighted by molar-refractivity contribution is 5.96. The Balaban J connectivity index is 1.36. The Morgan fingerprint density at radius 3 is 2.33 bits per heavy atom. The zero-order valence-electron chi connectivity index (χ0n) is 27.6. The van der Waals surface area contributed by atoms with Gasteiger partial charge in [0.1, 0.15) is 11.9 Å². The molecule has 5 aliphatic rings. The summed E-state index contributed by atoms with van der Waals surface area (Å²) in [4.78, 5) is 44.7. The zero-order valence-corrected chi connectivity index (χ0v) is 27.6. The average molecular weight is 589 g/mol. The standard InChI is InChI=1S/C37H52N2O4/c1-23(40)43-28-13-14-35(6)27(32(28,2)3)12-15-37(8)30(35)26(41)21-24-25-22-34(5,31(42)39-29-11-9-10-20-38-29)17-16-33(25,4)18-19-36(24,37)7/h9-11,20-21,25,27-28,30H,12-19,22H2,1-8H3,(H,38,39,42)/t25-,27+,28+,30+,33-,34+,35+,36-,37+/m0/s1. The molecule has 43 heavy (non-hydrogen) atoms. The molecule has 234 valence electrons. The number of carbonyl (C=O) groups excluding carboxylic acids is 3. The Labute approximate surface area is 258 Å². The van der Waals surface area contributed by atoms with Crippen molar-refractivity contribution in [3.05, 3.63) is 36.0 Å². The number of hydrogen-bond donors (Lipinski definition) is 1. The van der Waals surface area contributed by atoms with Crippen LogP contribution in [0, 0.1) is 50.2 Å².